The zero-order chi connectivity index (χ0) is 14.5. The molecule has 0 radical (unpaired) electrons. The van der Waals surface area contributed by atoms with Crippen LogP contribution in [0.15, 0.2) is 52.3 Å². The number of benzene rings is 1. The van der Waals surface area contributed by atoms with E-state index in [2.05, 4.69) is 20.5 Å². The number of para-hydroxylation sites is 1. The van der Waals surface area contributed by atoms with Crippen LogP contribution in [0.1, 0.15) is 0 Å². The number of carbonyl (C=O) groups excluding carboxylic acids is 1. The lowest BCUT2D eigenvalue weighted by Gasteiger charge is -2.02. The Balaban J connectivity index is 1.54. The van der Waals surface area contributed by atoms with Crippen LogP contribution < -0.4 is 5.32 Å². The van der Waals surface area contributed by atoms with E-state index in [0.717, 1.165) is 17.1 Å². The lowest BCUT2D eigenvalue weighted by atomic mass is 10.3. The van der Waals surface area contributed by atoms with E-state index in [0.29, 0.717) is 5.16 Å². The first-order chi connectivity index (χ1) is 10.3. The average Bonchev–Trinajstić information content (AvgIpc) is 3.17. The molecule has 0 bridgehead atoms. The van der Waals surface area contributed by atoms with Gasteiger partial charge in [-0.25, -0.2) is 4.98 Å². The number of nitrogens with zero attached hydrogens (tertiary/aromatic N) is 2. The number of carbonyl (C=O) groups is 1. The summed E-state index contributed by atoms with van der Waals surface area (Å²) in [5.41, 5.74) is 1.80. The van der Waals surface area contributed by atoms with Crippen LogP contribution in [0.3, 0.4) is 0 Å². The SMILES string of the molecule is O=C(CSc1n[nH]c(-c2ccsc2)n1)Nc1ccccc1. The second-order valence-corrected chi connectivity index (χ2v) is 5.90. The molecule has 21 heavy (non-hydrogen) atoms. The Hall–Kier alpha value is -2.12. The number of rotatable bonds is 5. The number of aromatic nitrogens is 3. The van der Waals surface area contributed by atoms with Crippen molar-refractivity contribution in [2.75, 3.05) is 11.1 Å². The molecule has 0 atom stereocenters. The van der Waals surface area contributed by atoms with Crippen LogP contribution >= 0.6 is 23.1 Å². The van der Waals surface area contributed by atoms with Gasteiger partial charge in [0.15, 0.2) is 5.82 Å². The van der Waals surface area contributed by atoms with Gasteiger partial charge in [-0.1, -0.05) is 30.0 Å². The van der Waals surface area contributed by atoms with Gasteiger partial charge in [-0.15, -0.1) is 5.10 Å². The molecule has 2 aromatic heterocycles. The highest BCUT2D eigenvalue weighted by Crippen LogP contribution is 2.21. The molecule has 1 amide bonds. The number of thioether (sulfide) groups is 1. The third kappa shape index (κ3) is 3.71. The molecule has 3 rings (SSSR count). The third-order valence-electron chi connectivity index (χ3n) is 2.65. The zero-order valence-corrected chi connectivity index (χ0v) is 12.6. The largest absolute Gasteiger partial charge is 0.325 e. The van der Waals surface area contributed by atoms with Crippen molar-refractivity contribution in [3.05, 3.63) is 47.2 Å². The molecular weight excluding hydrogens is 304 g/mol. The van der Waals surface area contributed by atoms with Crippen molar-refractivity contribution in [2.24, 2.45) is 0 Å². The average molecular weight is 316 g/mol. The fraction of sp³-hybridized carbons (Fsp3) is 0.0714. The summed E-state index contributed by atoms with van der Waals surface area (Å²) in [5, 5.41) is 14.3. The quantitative estimate of drug-likeness (QED) is 0.709. The minimum absolute atomic E-state index is 0.0758. The van der Waals surface area contributed by atoms with Gasteiger partial charge in [-0.05, 0) is 23.6 Å². The molecule has 3 aromatic rings. The molecule has 106 valence electrons. The summed E-state index contributed by atoms with van der Waals surface area (Å²) in [7, 11) is 0. The number of hydrogen-bond acceptors (Lipinski definition) is 5. The molecule has 7 heteroatoms. The van der Waals surface area contributed by atoms with Gasteiger partial charge in [0.2, 0.25) is 11.1 Å². The summed E-state index contributed by atoms with van der Waals surface area (Å²) < 4.78 is 0. The maximum Gasteiger partial charge on any atom is 0.234 e. The van der Waals surface area contributed by atoms with Gasteiger partial charge in [-0.3, -0.25) is 9.89 Å². The van der Waals surface area contributed by atoms with E-state index in [-0.39, 0.29) is 11.7 Å². The molecule has 0 saturated carbocycles. The Morgan fingerprint density at radius 1 is 1.29 bits per heavy atom. The van der Waals surface area contributed by atoms with Crippen molar-refractivity contribution in [1.29, 1.82) is 0 Å². The number of thiophene rings is 1. The van der Waals surface area contributed by atoms with Crippen LogP contribution in [0.25, 0.3) is 11.4 Å². The van der Waals surface area contributed by atoms with Gasteiger partial charge in [0, 0.05) is 16.6 Å². The van der Waals surface area contributed by atoms with Gasteiger partial charge in [-0.2, -0.15) is 11.3 Å². The zero-order valence-electron chi connectivity index (χ0n) is 10.9. The van der Waals surface area contributed by atoms with Crippen molar-refractivity contribution >= 4 is 34.7 Å². The molecule has 2 heterocycles. The maximum atomic E-state index is 11.8. The van der Waals surface area contributed by atoms with Crippen molar-refractivity contribution in [2.45, 2.75) is 5.16 Å². The molecule has 0 spiro atoms. The van der Waals surface area contributed by atoms with Gasteiger partial charge >= 0.3 is 0 Å². The molecule has 0 aliphatic heterocycles. The minimum Gasteiger partial charge on any atom is -0.325 e. The van der Waals surface area contributed by atoms with E-state index in [4.69, 9.17) is 0 Å². The molecule has 5 nitrogen and oxygen atoms in total. The van der Waals surface area contributed by atoms with Crippen LogP contribution in [0, 0.1) is 0 Å². The number of H-pyrrole nitrogens is 1. The second-order valence-electron chi connectivity index (χ2n) is 4.18. The smallest absolute Gasteiger partial charge is 0.234 e. The maximum absolute atomic E-state index is 11.8. The molecule has 0 saturated heterocycles. The summed E-state index contributed by atoms with van der Waals surface area (Å²) in [6, 6.07) is 11.3. The molecular formula is C14H12N4OS2. The Kier molecular flexibility index (Phi) is 4.32. The first kappa shape index (κ1) is 13.8. The second kappa shape index (κ2) is 6.55. The van der Waals surface area contributed by atoms with Gasteiger partial charge < -0.3 is 5.32 Å². The van der Waals surface area contributed by atoms with Gasteiger partial charge in [0.05, 0.1) is 5.75 Å². The van der Waals surface area contributed by atoms with Crippen molar-refractivity contribution in [3.8, 4) is 11.4 Å². The molecule has 0 fully saturated rings. The number of aromatic amines is 1. The molecule has 0 unspecified atom stereocenters. The molecule has 2 N–H and O–H groups in total. The lowest BCUT2D eigenvalue weighted by molar-refractivity contribution is -0.113. The minimum atomic E-state index is -0.0758. The van der Waals surface area contributed by atoms with Crippen molar-refractivity contribution in [3.63, 3.8) is 0 Å². The van der Waals surface area contributed by atoms with Crippen LogP contribution in [-0.4, -0.2) is 26.8 Å². The van der Waals surface area contributed by atoms with Crippen molar-refractivity contribution in [1.82, 2.24) is 15.2 Å². The predicted octanol–water partition coefficient (Wildman–Crippen LogP) is 3.26. The van der Waals surface area contributed by atoms with E-state index < -0.39 is 0 Å². The monoisotopic (exact) mass is 316 g/mol. The topological polar surface area (TPSA) is 70.7 Å². The summed E-state index contributed by atoms with van der Waals surface area (Å²) in [6.45, 7) is 0. The fourth-order valence-electron chi connectivity index (χ4n) is 1.69. The summed E-state index contributed by atoms with van der Waals surface area (Å²) >= 11 is 2.91. The van der Waals surface area contributed by atoms with Gasteiger partial charge in [0.25, 0.3) is 0 Å². The van der Waals surface area contributed by atoms with E-state index in [1.165, 1.54) is 11.8 Å². The van der Waals surface area contributed by atoms with E-state index in [1.807, 2.05) is 47.2 Å². The van der Waals surface area contributed by atoms with Crippen LogP contribution in [-0.2, 0) is 4.79 Å². The van der Waals surface area contributed by atoms with Crippen LogP contribution in [0.4, 0.5) is 5.69 Å². The Morgan fingerprint density at radius 3 is 2.90 bits per heavy atom. The first-order valence-corrected chi connectivity index (χ1v) is 8.17. The fourth-order valence-corrected chi connectivity index (χ4v) is 2.93. The summed E-state index contributed by atoms with van der Waals surface area (Å²) in [4.78, 5) is 16.2. The predicted molar refractivity (Wildman–Crippen MR) is 85.5 cm³/mol. The number of amides is 1. The first-order valence-electron chi connectivity index (χ1n) is 6.24. The highest BCUT2D eigenvalue weighted by Gasteiger charge is 2.09. The van der Waals surface area contributed by atoms with Crippen molar-refractivity contribution < 1.29 is 4.79 Å². The Bertz CT molecular complexity index is 710. The standard InChI is InChI=1S/C14H12N4OS2/c19-12(15-11-4-2-1-3-5-11)9-21-14-16-13(17-18-14)10-6-7-20-8-10/h1-8H,9H2,(H,15,19)(H,16,17,18). The Morgan fingerprint density at radius 2 is 2.14 bits per heavy atom. The number of hydrogen-bond donors (Lipinski definition) is 2. The van der Waals surface area contributed by atoms with E-state index in [9.17, 15) is 4.79 Å². The van der Waals surface area contributed by atoms with Crippen LogP contribution in [0.2, 0.25) is 0 Å². The Labute approximate surface area is 129 Å². The van der Waals surface area contributed by atoms with E-state index >= 15 is 0 Å². The third-order valence-corrected chi connectivity index (χ3v) is 4.18. The molecule has 0 aliphatic rings. The van der Waals surface area contributed by atoms with E-state index in [1.54, 1.807) is 11.3 Å². The summed E-state index contributed by atoms with van der Waals surface area (Å²) in [6.07, 6.45) is 0. The number of nitrogens with one attached hydrogen (secondary N) is 2. The normalized spacial score (nSPS) is 10.5. The summed E-state index contributed by atoms with van der Waals surface area (Å²) in [5.74, 6) is 0.922. The van der Waals surface area contributed by atoms with Gasteiger partial charge in [0.1, 0.15) is 0 Å². The molecule has 1 aromatic carbocycles. The lowest BCUT2D eigenvalue weighted by Crippen LogP contribution is -2.13. The highest BCUT2D eigenvalue weighted by molar-refractivity contribution is 7.99. The van der Waals surface area contributed by atoms with Crippen LogP contribution in [0.5, 0.6) is 0 Å². The molecule has 0 aliphatic carbocycles. The number of anilines is 1. The highest BCUT2D eigenvalue weighted by atomic mass is 32.2.